The Labute approximate surface area is 105 Å². The van der Waals surface area contributed by atoms with Crippen LogP contribution < -0.4 is 10.6 Å². The molecule has 0 fully saturated rings. The minimum absolute atomic E-state index is 0.00116. The van der Waals surface area contributed by atoms with Gasteiger partial charge in [-0.25, -0.2) is 14.9 Å². The SMILES string of the molecule is CN(Cc1n[nH]c(=O)[nH]1)c1ncccc1C(F)(F)F. The second kappa shape index (κ2) is 4.75. The first-order valence-corrected chi connectivity index (χ1v) is 5.25. The molecule has 6 nitrogen and oxygen atoms in total. The summed E-state index contributed by atoms with van der Waals surface area (Å²) < 4.78 is 38.4. The molecule has 0 bridgehead atoms. The molecule has 0 aliphatic rings. The molecule has 2 heterocycles. The van der Waals surface area contributed by atoms with Gasteiger partial charge in [-0.3, -0.25) is 4.98 Å². The smallest absolute Gasteiger partial charge is 0.352 e. The van der Waals surface area contributed by atoms with E-state index in [1.807, 2.05) is 0 Å². The Bertz CT molecular complexity index is 618. The molecule has 9 heteroatoms. The van der Waals surface area contributed by atoms with Crippen molar-refractivity contribution in [2.24, 2.45) is 0 Å². The minimum Gasteiger partial charge on any atom is -0.352 e. The molecule has 0 saturated heterocycles. The summed E-state index contributed by atoms with van der Waals surface area (Å²) in [5, 5.41) is 5.77. The molecule has 2 rings (SSSR count). The molecule has 2 aromatic heterocycles. The van der Waals surface area contributed by atoms with Crippen molar-refractivity contribution < 1.29 is 13.2 Å². The largest absolute Gasteiger partial charge is 0.419 e. The minimum atomic E-state index is -4.49. The Hall–Kier alpha value is -2.32. The number of anilines is 1. The molecule has 2 N–H and O–H groups in total. The highest BCUT2D eigenvalue weighted by Gasteiger charge is 2.35. The topological polar surface area (TPSA) is 77.7 Å². The lowest BCUT2D eigenvalue weighted by Gasteiger charge is -2.20. The van der Waals surface area contributed by atoms with Gasteiger partial charge in [-0.05, 0) is 12.1 Å². The Morgan fingerprint density at radius 1 is 1.42 bits per heavy atom. The third-order valence-electron chi connectivity index (χ3n) is 2.39. The predicted octanol–water partition coefficient (Wildman–Crippen LogP) is 1.15. The maximum absolute atomic E-state index is 12.8. The summed E-state index contributed by atoms with van der Waals surface area (Å²) in [6.45, 7) is -0.00116. The van der Waals surface area contributed by atoms with Gasteiger partial charge in [0.2, 0.25) is 0 Å². The summed E-state index contributed by atoms with van der Waals surface area (Å²) in [5.41, 5.74) is -1.35. The maximum atomic E-state index is 12.8. The summed E-state index contributed by atoms with van der Waals surface area (Å²) in [6, 6.07) is 2.17. The molecule has 0 amide bonds. The van der Waals surface area contributed by atoms with Crippen LogP contribution in [0.1, 0.15) is 11.4 Å². The van der Waals surface area contributed by atoms with Gasteiger partial charge in [0.15, 0.2) is 0 Å². The predicted molar refractivity (Wildman–Crippen MR) is 60.6 cm³/mol. The molecule has 19 heavy (non-hydrogen) atoms. The third-order valence-corrected chi connectivity index (χ3v) is 2.39. The van der Waals surface area contributed by atoms with Gasteiger partial charge in [0, 0.05) is 13.2 Å². The monoisotopic (exact) mass is 273 g/mol. The van der Waals surface area contributed by atoms with E-state index in [1.165, 1.54) is 24.2 Å². The third kappa shape index (κ3) is 2.92. The molecule has 2 aromatic rings. The fraction of sp³-hybridized carbons (Fsp3) is 0.300. The van der Waals surface area contributed by atoms with Crippen LogP contribution in [0.25, 0.3) is 0 Å². The van der Waals surface area contributed by atoms with Crippen LogP contribution in [0.2, 0.25) is 0 Å². The fourth-order valence-electron chi connectivity index (χ4n) is 1.60. The van der Waals surface area contributed by atoms with Crippen LogP contribution in [0.4, 0.5) is 19.0 Å². The maximum Gasteiger partial charge on any atom is 0.419 e. The zero-order valence-corrected chi connectivity index (χ0v) is 9.82. The Balaban J connectivity index is 2.29. The lowest BCUT2D eigenvalue weighted by Crippen LogP contribution is -2.23. The lowest BCUT2D eigenvalue weighted by molar-refractivity contribution is -0.137. The van der Waals surface area contributed by atoms with Crippen LogP contribution in [0.15, 0.2) is 23.1 Å². The van der Waals surface area contributed by atoms with E-state index in [0.29, 0.717) is 0 Å². The molecule has 0 spiro atoms. The van der Waals surface area contributed by atoms with Gasteiger partial charge in [-0.15, -0.1) is 0 Å². The number of alkyl halides is 3. The molecule has 0 aliphatic heterocycles. The van der Waals surface area contributed by atoms with E-state index < -0.39 is 17.4 Å². The quantitative estimate of drug-likeness (QED) is 0.879. The van der Waals surface area contributed by atoms with E-state index in [4.69, 9.17) is 0 Å². The number of hydrogen-bond acceptors (Lipinski definition) is 4. The number of halogens is 3. The second-order valence-electron chi connectivity index (χ2n) is 3.85. The first-order valence-electron chi connectivity index (χ1n) is 5.25. The zero-order chi connectivity index (χ0) is 14.0. The van der Waals surface area contributed by atoms with Crippen molar-refractivity contribution >= 4 is 5.82 Å². The second-order valence-corrected chi connectivity index (χ2v) is 3.85. The van der Waals surface area contributed by atoms with E-state index in [0.717, 1.165) is 6.07 Å². The first kappa shape index (κ1) is 13.1. The number of rotatable bonds is 3. The van der Waals surface area contributed by atoms with Crippen molar-refractivity contribution in [1.29, 1.82) is 0 Å². The van der Waals surface area contributed by atoms with Crippen molar-refractivity contribution in [3.63, 3.8) is 0 Å². The number of nitrogens with zero attached hydrogens (tertiary/aromatic N) is 3. The molecule has 0 aliphatic carbocycles. The van der Waals surface area contributed by atoms with Gasteiger partial charge in [-0.2, -0.15) is 18.3 Å². The van der Waals surface area contributed by atoms with Gasteiger partial charge in [0.1, 0.15) is 11.6 Å². The highest BCUT2D eigenvalue weighted by atomic mass is 19.4. The van der Waals surface area contributed by atoms with Crippen molar-refractivity contribution in [1.82, 2.24) is 20.2 Å². The number of hydrogen-bond donors (Lipinski definition) is 2. The molecular weight excluding hydrogens is 263 g/mol. The highest BCUT2D eigenvalue weighted by molar-refractivity contribution is 5.47. The number of aromatic amines is 2. The molecule has 0 saturated carbocycles. The average Bonchev–Trinajstić information content (AvgIpc) is 2.73. The molecule has 0 unspecified atom stereocenters. The van der Waals surface area contributed by atoms with Crippen molar-refractivity contribution in [2.75, 3.05) is 11.9 Å². The van der Waals surface area contributed by atoms with Crippen LogP contribution in [0.3, 0.4) is 0 Å². The molecular formula is C10H10F3N5O. The van der Waals surface area contributed by atoms with Crippen molar-refractivity contribution in [2.45, 2.75) is 12.7 Å². The number of nitrogens with one attached hydrogen (secondary N) is 2. The highest BCUT2D eigenvalue weighted by Crippen LogP contribution is 2.34. The number of aromatic nitrogens is 4. The van der Waals surface area contributed by atoms with Gasteiger partial charge < -0.3 is 4.90 Å². The van der Waals surface area contributed by atoms with Crippen LogP contribution >= 0.6 is 0 Å². The molecule has 0 radical (unpaired) electrons. The molecule has 102 valence electrons. The van der Waals surface area contributed by atoms with Gasteiger partial charge in [-0.1, -0.05) is 0 Å². The normalized spacial score (nSPS) is 11.6. The number of H-pyrrole nitrogens is 2. The molecule has 0 atom stereocenters. The summed E-state index contributed by atoms with van der Waals surface area (Å²) >= 11 is 0. The Morgan fingerprint density at radius 2 is 2.16 bits per heavy atom. The first-order chi connectivity index (χ1) is 8.88. The average molecular weight is 273 g/mol. The van der Waals surface area contributed by atoms with Crippen LogP contribution in [0.5, 0.6) is 0 Å². The summed E-state index contributed by atoms with van der Waals surface area (Å²) in [6.07, 6.45) is -3.22. The van der Waals surface area contributed by atoms with Crippen LogP contribution in [-0.2, 0) is 12.7 Å². The van der Waals surface area contributed by atoms with Crippen molar-refractivity contribution in [3.05, 3.63) is 40.2 Å². The fourth-order valence-corrected chi connectivity index (χ4v) is 1.60. The summed E-state index contributed by atoms with van der Waals surface area (Å²) in [7, 11) is 1.44. The standard InChI is InChI=1S/C10H10F3N5O/c1-18(5-7-15-9(19)17-16-7)8-6(10(11,12)13)3-2-4-14-8/h2-4H,5H2,1H3,(H2,15,16,17,19). The van der Waals surface area contributed by atoms with E-state index in [-0.39, 0.29) is 18.2 Å². The summed E-state index contributed by atoms with van der Waals surface area (Å²) in [4.78, 5) is 18.2. The van der Waals surface area contributed by atoms with Crippen molar-refractivity contribution in [3.8, 4) is 0 Å². The van der Waals surface area contributed by atoms with Crippen LogP contribution in [0, 0.1) is 0 Å². The van der Waals surface area contributed by atoms with Gasteiger partial charge in [0.25, 0.3) is 0 Å². The zero-order valence-electron chi connectivity index (χ0n) is 9.82. The van der Waals surface area contributed by atoms with E-state index in [9.17, 15) is 18.0 Å². The van der Waals surface area contributed by atoms with E-state index in [1.54, 1.807) is 0 Å². The summed E-state index contributed by atoms with van der Waals surface area (Å²) in [5.74, 6) is 0.00475. The number of pyridine rings is 1. The van der Waals surface area contributed by atoms with Gasteiger partial charge >= 0.3 is 11.9 Å². The Kier molecular flexibility index (Phi) is 3.28. The van der Waals surface area contributed by atoms with E-state index in [2.05, 4.69) is 20.2 Å². The van der Waals surface area contributed by atoms with Gasteiger partial charge in [0.05, 0.1) is 12.1 Å². The molecule has 0 aromatic carbocycles. The van der Waals surface area contributed by atoms with E-state index >= 15 is 0 Å². The van der Waals surface area contributed by atoms with Crippen LogP contribution in [-0.4, -0.2) is 27.2 Å². The lowest BCUT2D eigenvalue weighted by atomic mass is 10.2. The Morgan fingerprint density at radius 3 is 2.74 bits per heavy atom.